The van der Waals surface area contributed by atoms with E-state index in [1.54, 1.807) is 20.8 Å². The summed E-state index contributed by atoms with van der Waals surface area (Å²) in [5.74, 6) is -0.677. The Labute approximate surface area is 225 Å². The Kier molecular flexibility index (Phi) is 11.7. The summed E-state index contributed by atoms with van der Waals surface area (Å²) >= 11 is 0. The Hall–Kier alpha value is -4.57. The van der Waals surface area contributed by atoms with Gasteiger partial charge in [-0.2, -0.15) is 13.2 Å². The number of aromatic hydroxyl groups is 1. The van der Waals surface area contributed by atoms with E-state index in [0.717, 1.165) is 6.07 Å². The maximum atomic E-state index is 12.8. The quantitative estimate of drug-likeness (QED) is 0.218. The second-order valence-electron chi connectivity index (χ2n) is 8.59. The van der Waals surface area contributed by atoms with Gasteiger partial charge >= 0.3 is 11.9 Å². The highest BCUT2D eigenvalue weighted by molar-refractivity contribution is 5.76. The molecule has 0 aliphatic rings. The predicted molar refractivity (Wildman–Crippen MR) is 138 cm³/mol. The maximum absolute atomic E-state index is 12.8. The lowest BCUT2D eigenvalue weighted by Gasteiger charge is -2.23. The molecule has 0 aliphatic heterocycles. The van der Waals surface area contributed by atoms with Crippen molar-refractivity contribution >= 4 is 28.4 Å². The van der Waals surface area contributed by atoms with Crippen LogP contribution < -0.4 is 4.90 Å². The molecular formula is C23H28F3N5O9. The van der Waals surface area contributed by atoms with Crippen molar-refractivity contribution < 1.29 is 38.0 Å². The summed E-state index contributed by atoms with van der Waals surface area (Å²) in [6.07, 6.45) is -3.22. The number of nitro benzene ring substituents is 4. The van der Waals surface area contributed by atoms with Crippen LogP contribution in [0.3, 0.4) is 0 Å². The molecule has 17 heteroatoms. The highest BCUT2D eigenvalue weighted by Gasteiger charge is 2.39. The molecule has 1 N–H and O–H groups in total. The molecule has 40 heavy (non-hydrogen) atoms. The lowest BCUT2D eigenvalue weighted by atomic mass is 9.96. The van der Waals surface area contributed by atoms with E-state index < -0.39 is 54.2 Å². The number of halogens is 3. The van der Waals surface area contributed by atoms with Crippen molar-refractivity contribution in [3.8, 4) is 5.75 Å². The summed E-state index contributed by atoms with van der Waals surface area (Å²) in [6.45, 7) is 7.63. The van der Waals surface area contributed by atoms with Crippen molar-refractivity contribution in [2.24, 2.45) is 0 Å². The molecular weight excluding hydrogens is 547 g/mol. The molecule has 0 amide bonds. The summed E-state index contributed by atoms with van der Waals surface area (Å²) in [4.78, 5) is 41.5. The van der Waals surface area contributed by atoms with E-state index in [4.69, 9.17) is 0 Å². The third kappa shape index (κ3) is 8.21. The number of rotatable bonds is 11. The van der Waals surface area contributed by atoms with Crippen LogP contribution in [0, 0.1) is 40.5 Å². The topological polar surface area (TPSA) is 196 Å². The van der Waals surface area contributed by atoms with Crippen LogP contribution >= 0.6 is 0 Å². The second-order valence-corrected chi connectivity index (χ2v) is 8.59. The van der Waals surface area contributed by atoms with Gasteiger partial charge in [-0.3, -0.25) is 40.5 Å². The number of benzene rings is 2. The molecule has 2 aromatic carbocycles. The number of anilines is 1. The number of phenols is 1. The summed E-state index contributed by atoms with van der Waals surface area (Å²) < 4.78 is 38.5. The van der Waals surface area contributed by atoms with Crippen molar-refractivity contribution in [2.75, 3.05) is 18.0 Å². The Balaban J connectivity index is 0.000000418. The van der Waals surface area contributed by atoms with E-state index in [0.29, 0.717) is 31.4 Å². The predicted octanol–water partition coefficient (Wildman–Crippen LogP) is 6.87. The van der Waals surface area contributed by atoms with Gasteiger partial charge in [-0.15, -0.1) is 0 Å². The molecule has 0 saturated heterocycles. The number of nitrogens with zero attached hydrogens (tertiary/aromatic N) is 5. The third-order valence-corrected chi connectivity index (χ3v) is 5.75. The van der Waals surface area contributed by atoms with Gasteiger partial charge < -0.3 is 10.0 Å². The Morgan fingerprint density at radius 2 is 1.25 bits per heavy atom. The van der Waals surface area contributed by atoms with Crippen LogP contribution in [0.25, 0.3) is 0 Å². The lowest BCUT2D eigenvalue weighted by molar-refractivity contribution is -0.394. The molecule has 0 heterocycles. The first kappa shape index (κ1) is 33.5. The van der Waals surface area contributed by atoms with Crippen LogP contribution in [0.1, 0.15) is 64.0 Å². The summed E-state index contributed by atoms with van der Waals surface area (Å²) in [5.41, 5.74) is -4.39. The van der Waals surface area contributed by atoms with E-state index in [-0.39, 0.29) is 35.9 Å². The zero-order valence-corrected chi connectivity index (χ0v) is 22.0. The Morgan fingerprint density at radius 1 is 0.800 bits per heavy atom. The fraction of sp³-hybridized carbons (Fsp3) is 0.478. The van der Waals surface area contributed by atoms with Crippen molar-refractivity contribution in [3.63, 3.8) is 0 Å². The lowest BCUT2D eigenvalue weighted by Crippen LogP contribution is -2.27. The van der Waals surface area contributed by atoms with E-state index in [1.165, 1.54) is 11.0 Å². The molecule has 0 fully saturated rings. The molecule has 220 valence electrons. The first-order valence-corrected chi connectivity index (χ1v) is 12.0. The molecule has 0 radical (unpaired) electrons. The minimum absolute atomic E-state index is 0.186. The van der Waals surface area contributed by atoms with E-state index in [9.17, 15) is 58.7 Å². The molecule has 0 aliphatic carbocycles. The molecule has 0 spiro atoms. The van der Waals surface area contributed by atoms with Gasteiger partial charge in [0.05, 0.1) is 31.3 Å². The fourth-order valence-electron chi connectivity index (χ4n) is 3.71. The van der Waals surface area contributed by atoms with Crippen LogP contribution in [0.5, 0.6) is 5.75 Å². The third-order valence-electron chi connectivity index (χ3n) is 5.75. The van der Waals surface area contributed by atoms with E-state index in [2.05, 4.69) is 0 Å². The summed E-state index contributed by atoms with van der Waals surface area (Å²) in [6, 6.07) is 2.64. The minimum Gasteiger partial charge on any atom is -0.502 e. The molecule has 2 rings (SSSR count). The number of alkyl halides is 3. The number of phenolic OH excluding ortho intramolecular Hbond substituents is 1. The molecule has 1 unspecified atom stereocenters. The van der Waals surface area contributed by atoms with Crippen LogP contribution in [0.15, 0.2) is 24.3 Å². The van der Waals surface area contributed by atoms with Crippen LogP contribution in [-0.2, 0) is 6.18 Å². The number of hydrogen-bond acceptors (Lipinski definition) is 10. The average Bonchev–Trinajstić information content (AvgIpc) is 2.86. The number of non-ortho nitro benzene ring substituents is 1. The fourth-order valence-corrected chi connectivity index (χ4v) is 3.71. The van der Waals surface area contributed by atoms with Crippen molar-refractivity contribution in [1.29, 1.82) is 0 Å². The van der Waals surface area contributed by atoms with Gasteiger partial charge in [-0.25, -0.2) is 0 Å². The average molecular weight is 575 g/mol. The maximum Gasteiger partial charge on any atom is 0.416 e. The van der Waals surface area contributed by atoms with Gasteiger partial charge in [0.2, 0.25) is 0 Å². The molecule has 14 nitrogen and oxygen atoms in total. The Morgan fingerprint density at radius 3 is 1.57 bits per heavy atom. The van der Waals surface area contributed by atoms with Gasteiger partial charge in [0, 0.05) is 36.9 Å². The largest absolute Gasteiger partial charge is 0.502 e. The molecule has 2 aromatic rings. The zero-order valence-electron chi connectivity index (χ0n) is 22.0. The highest BCUT2D eigenvalue weighted by atomic mass is 19.4. The SMILES string of the molecule is CCC(C)c1cc([N+](=O)[O-])cc([N+](=O)[O-])c1O.CCCN(CCC)c1c([N+](=O)[O-])cc(C(F)(F)F)cc1[N+](=O)[O-]. The van der Waals surface area contributed by atoms with Gasteiger partial charge in [0.1, 0.15) is 0 Å². The van der Waals surface area contributed by atoms with Gasteiger partial charge in [0.25, 0.3) is 17.1 Å². The van der Waals surface area contributed by atoms with Crippen molar-refractivity contribution in [1.82, 2.24) is 0 Å². The van der Waals surface area contributed by atoms with Crippen LogP contribution in [0.4, 0.5) is 41.6 Å². The Bertz CT molecular complexity index is 1230. The van der Waals surface area contributed by atoms with Crippen LogP contribution in [0.2, 0.25) is 0 Å². The van der Waals surface area contributed by atoms with Crippen molar-refractivity contribution in [2.45, 2.75) is 59.1 Å². The first-order valence-electron chi connectivity index (χ1n) is 12.0. The first-order chi connectivity index (χ1) is 18.5. The van der Waals surface area contributed by atoms with Crippen molar-refractivity contribution in [3.05, 3.63) is 75.8 Å². The smallest absolute Gasteiger partial charge is 0.416 e. The van der Waals surface area contributed by atoms with Gasteiger partial charge in [-0.1, -0.05) is 27.7 Å². The number of nitro groups is 4. The number of hydrogen-bond donors (Lipinski definition) is 1. The minimum atomic E-state index is -4.91. The van der Waals surface area contributed by atoms with Crippen LogP contribution in [-0.4, -0.2) is 37.9 Å². The monoisotopic (exact) mass is 575 g/mol. The normalized spacial score (nSPS) is 11.7. The van der Waals surface area contributed by atoms with E-state index >= 15 is 0 Å². The highest BCUT2D eigenvalue weighted by Crippen LogP contribution is 2.43. The molecule has 1 atom stereocenters. The van der Waals surface area contributed by atoms with Gasteiger partial charge in [0.15, 0.2) is 11.4 Å². The van der Waals surface area contributed by atoms with E-state index in [1.807, 2.05) is 6.92 Å². The molecule has 0 saturated carbocycles. The molecule has 0 aromatic heterocycles. The standard InChI is InChI=1S/C13H16F3N3O4.C10H12N2O5/c1-3-5-17(6-4-2)12-10(18(20)21)7-9(13(14,15)16)8-11(12)19(22)23;1-3-6(2)8-4-7(11(14)15)5-9(10(8)13)12(16)17/h7-8H,3-6H2,1-2H3;4-6,13H,3H2,1-2H3. The van der Waals surface area contributed by atoms with Gasteiger partial charge in [-0.05, 0) is 25.2 Å². The second kappa shape index (κ2) is 14.0. The molecule has 0 bridgehead atoms. The zero-order chi connectivity index (χ0) is 30.9. The summed E-state index contributed by atoms with van der Waals surface area (Å²) in [5, 5.41) is 53.4. The summed E-state index contributed by atoms with van der Waals surface area (Å²) in [7, 11) is 0.